The quantitative estimate of drug-likeness (QED) is 0.626. The maximum absolute atomic E-state index is 7.11. The van der Waals surface area contributed by atoms with E-state index >= 15 is 0 Å². The van der Waals surface area contributed by atoms with Gasteiger partial charge in [-0.15, -0.1) is 0 Å². The van der Waals surface area contributed by atoms with E-state index in [4.69, 9.17) is 1.37 Å². The van der Waals surface area contributed by atoms with E-state index in [9.17, 15) is 0 Å². The van der Waals surface area contributed by atoms with E-state index in [0.717, 1.165) is 6.42 Å². The van der Waals surface area contributed by atoms with Gasteiger partial charge in [0, 0.05) is 34.1 Å². The van der Waals surface area contributed by atoms with Crippen LogP contribution in [0.15, 0.2) is 24.2 Å². The van der Waals surface area contributed by atoms with Crippen LogP contribution in [0.2, 0.25) is 0 Å². The SMILES string of the molecule is [3H]c1[c-]cc(CC)cc1.[CH3-].[Y]. The Morgan fingerprint density at radius 2 is 2.40 bits per heavy atom. The van der Waals surface area contributed by atoms with Gasteiger partial charge in [0.2, 0.25) is 0 Å². The van der Waals surface area contributed by atoms with Gasteiger partial charge in [0.05, 0.1) is 0 Å². The zero-order valence-corrected chi connectivity index (χ0v) is 9.35. The summed E-state index contributed by atoms with van der Waals surface area (Å²) < 4.78 is 7.11. The zero-order valence-electron chi connectivity index (χ0n) is 7.52. The van der Waals surface area contributed by atoms with Gasteiger partial charge < -0.3 is 7.43 Å². The molecular weight excluding hydrogens is 197 g/mol. The largest absolute Gasteiger partial charge is 0.358 e. The summed E-state index contributed by atoms with van der Waals surface area (Å²) in [6.45, 7) is 2.09. The fourth-order valence-electron chi connectivity index (χ4n) is 0.599. The summed E-state index contributed by atoms with van der Waals surface area (Å²) in [4.78, 5) is 0. The minimum atomic E-state index is 0. The van der Waals surface area contributed by atoms with Crippen molar-refractivity contribution in [2.45, 2.75) is 13.3 Å². The third-order valence-corrected chi connectivity index (χ3v) is 1.13. The van der Waals surface area contributed by atoms with E-state index in [1.54, 1.807) is 6.07 Å². The van der Waals surface area contributed by atoms with E-state index in [2.05, 4.69) is 13.0 Å². The van der Waals surface area contributed by atoms with Gasteiger partial charge in [-0.2, -0.15) is 35.9 Å². The first-order valence-electron chi connectivity index (χ1n) is 3.30. The predicted octanol–water partition coefficient (Wildman–Crippen LogP) is 2.50. The van der Waals surface area contributed by atoms with Crippen molar-refractivity contribution in [2.24, 2.45) is 0 Å². The van der Waals surface area contributed by atoms with Crippen LogP contribution in [0.1, 0.15) is 13.9 Å². The van der Waals surface area contributed by atoms with Gasteiger partial charge >= 0.3 is 0 Å². The second-order valence-corrected chi connectivity index (χ2v) is 1.69. The molecule has 53 valence electrons. The molecule has 1 heteroatoms. The average molecular weight is 211 g/mol. The van der Waals surface area contributed by atoms with Crippen LogP contribution in [0, 0.1) is 13.5 Å². The number of aryl methyl sites for hydroxylation is 1. The standard InChI is InChI=1S/C8H9.CH3.Y/c1-2-8-6-4-3-5-7-8;;/h3-4,6-7H,2H2,1H3;1H3;/q2*-1;/i3T;;. The van der Waals surface area contributed by atoms with E-state index in [-0.39, 0.29) is 40.1 Å². The first-order valence-corrected chi connectivity index (χ1v) is 2.80. The maximum Gasteiger partial charge on any atom is 0.0332 e. The molecule has 0 atom stereocenters. The minimum Gasteiger partial charge on any atom is -0.358 e. The summed E-state index contributed by atoms with van der Waals surface area (Å²) in [5.41, 5.74) is 1.24. The van der Waals surface area contributed by atoms with E-state index in [0.29, 0.717) is 6.04 Å². The summed E-state index contributed by atoms with van der Waals surface area (Å²) in [7, 11) is 0. The summed E-state index contributed by atoms with van der Waals surface area (Å²) in [6.07, 6.45) is 1.02. The van der Waals surface area contributed by atoms with Crippen molar-refractivity contribution in [2.75, 3.05) is 0 Å². The number of hydrogen-bond acceptors (Lipinski definition) is 0. The fourth-order valence-corrected chi connectivity index (χ4v) is 0.599. The molecule has 0 fully saturated rings. The fraction of sp³-hybridized carbons (Fsp3) is 0.222. The number of rotatable bonds is 1. The van der Waals surface area contributed by atoms with Crippen molar-refractivity contribution in [3.05, 3.63) is 43.3 Å². The first kappa shape index (κ1) is 10.3. The Bertz CT molecular complexity index is 181. The summed E-state index contributed by atoms with van der Waals surface area (Å²) in [5.74, 6) is 0. The van der Waals surface area contributed by atoms with Crippen LogP contribution in [0.3, 0.4) is 0 Å². The van der Waals surface area contributed by atoms with Crippen LogP contribution in [-0.2, 0) is 39.1 Å². The van der Waals surface area contributed by atoms with Gasteiger partial charge in [0.15, 0.2) is 0 Å². The van der Waals surface area contributed by atoms with Crippen molar-refractivity contribution < 1.29 is 34.1 Å². The second-order valence-electron chi connectivity index (χ2n) is 1.69. The van der Waals surface area contributed by atoms with E-state index in [1.807, 2.05) is 12.1 Å². The predicted molar refractivity (Wildman–Crippen MR) is 41.1 cm³/mol. The van der Waals surface area contributed by atoms with Gasteiger partial charge in [-0.05, 0) is 0 Å². The van der Waals surface area contributed by atoms with E-state index in [1.165, 1.54) is 5.56 Å². The Balaban J connectivity index is 0. The average Bonchev–Trinajstić information content (AvgIpc) is 1.90. The Kier molecular flexibility index (Phi) is 7.67. The van der Waals surface area contributed by atoms with Crippen molar-refractivity contribution in [3.63, 3.8) is 0 Å². The molecule has 10 heavy (non-hydrogen) atoms. The van der Waals surface area contributed by atoms with E-state index < -0.39 is 0 Å². The Hall–Kier alpha value is 0.324. The summed E-state index contributed by atoms with van der Waals surface area (Å²) in [5, 5.41) is 0. The van der Waals surface area contributed by atoms with Crippen LogP contribution in [0.5, 0.6) is 0 Å². The van der Waals surface area contributed by atoms with Crippen LogP contribution >= 0.6 is 0 Å². The Morgan fingerprint density at radius 3 is 2.80 bits per heavy atom. The Morgan fingerprint density at radius 1 is 1.70 bits per heavy atom. The molecule has 0 N–H and O–H groups in total. The molecule has 1 aromatic rings. The van der Waals surface area contributed by atoms with Crippen LogP contribution in [0.4, 0.5) is 0 Å². The molecule has 0 heterocycles. The van der Waals surface area contributed by atoms with Crippen molar-refractivity contribution in [3.8, 4) is 0 Å². The van der Waals surface area contributed by atoms with Gasteiger partial charge in [0.1, 0.15) is 0 Å². The molecule has 0 nitrogen and oxygen atoms in total. The van der Waals surface area contributed by atoms with Gasteiger partial charge in [-0.1, -0.05) is 13.3 Å². The van der Waals surface area contributed by atoms with Crippen molar-refractivity contribution in [1.82, 2.24) is 0 Å². The monoisotopic (exact) mass is 211 g/mol. The van der Waals surface area contributed by atoms with Crippen molar-refractivity contribution >= 4 is 0 Å². The molecule has 1 aromatic carbocycles. The molecule has 0 saturated carbocycles. The second kappa shape index (κ2) is 7.43. The molecule has 0 bridgehead atoms. The molecule has 0 aliphatic heterocycles. The van der Waals surface area contributed by atoms with Crippen LogP contribution in [-0.4, -0.2) is 0 Å². The molecule has 0 saturated heterocycles. The molecule has 0 amide bonds. The normalized spacial score (nSPS) is 8.70. The molecule has 1 radical (unpaired) electrons. The topological polar surface area (TPSA) is 0 Å². The molecule has 0 aliphatic carbocycles. The maximum atomic E-state index is 7.11. The summed E-state index contributed by atoms with van der Waals surface area (Å²) in [6, 6.07) is 8.87. The molecule has 0 aliphatic rings. The molecular formula is C9H12Y-2. The van der Waals surface area contributed by atoms with Crippen LogP contribution in [0.25, 0.3) is 0 Å². The Labute approximate surface area is 90.3 Å². The third kappa shape index (κ3) is 4.19. The first-order chi connectivity index (χ1) is 4.33. The third-order valence-electron chi connectivity index (χ3n) is 1.13. The molecule has 0 unspecified atom stereocenters. The van der Waals surface area contributed by atoms with Crippen LogP contribution < -0.4 is 0 Å². The molecule has 0 aromatic heterocycles. The zero-order chi connectivity index (χ0) is 6.69. The van der Waals surface area contributed by atoms with Gasteiger partial charge in [-0.3, -0.25) is 0 Å². The number of benzene rings is 1. The smallest absolute Gasteiger partial charge is 0.0332 e. The molecule has 0 spiro atoms. The van der Waals surface area contributed by atoms with Crippen molar-refractivity contribution in [1.29, 1.82) is 0 Å². The summed E-state index contributed by atoms with van der Waals surface area (Å²) >= 11 is 0. The number of hydrogen-bond donors (Lipinski definition) is 0. The minimum absolute atomic E-state index is 0. The van der Waals surface area contributed by atoms with Gasteiger partial charge in [-0.25, -0.2) is 0 Å². The van der Waals surface area contributed by atoms with Gasteiger partial charge in [0.25, 0.3) is 0 Å². The molecule has 1 rings (SSSR count).